The first-order chi connectivity index (χ1) is 9.19. The first kappa shape index (κ1) is 11.8. The minimum atomic E-state index is -0.328. The van der Waals surface area contributed by atoms with Gasteiger partial charge in [-0.05, 0) is 24.3 Å². The van der Waals surface area contributed by atoms with Crippen molar-refractivity contribution in [1.82, 2.24) is 9.78 Å². The van der Waals surface area contributed by atoms with Crippen LogP contribution in [0, 0.1) is 0 Å². The number of benzene rings is 1. The average Bonchev–Trinajstić information content (AvgIpc) is 3.02. The van der Waals surface area contributed by atoms with Gasteiger partial charge in [-0.2, -0.15) is 5.10 Å². The van der Waals surface area contributed by atoms with Crippen molar-refractivity contribution in [2.24, 2.45) is 12.8 Å². The molecular formula is C14H15N3O2. The van der Waals surface area contributed by atoms with Crippen molar-refractivity contribution < 1.29 is 9.15 Å². The van der Waals surface area contributed by atoms with Crippen LogP contribution in [0.15, 0.2) is 40.9 Å². The number of furan rings is 1. The maximum absolute atomic E-state index is 6.21. The van der Waals surface area contributed by atoms with Crippen LogP contribution in [-0.2, 0) is 7.05 Å². The molecule has 98 valence electrons. The Balaban J connectivity index is 2.03. The van der Waals surface area contributed by atoms with Gasteiger partial charge in [-0.15, -0.1) is 0 Å². The molecule has 1 unspecified atom stereocenters. The lowest BCUT2D eigenvalue weighted by Gasteiger charge is -2.08. The molecule has 0 amide bonds. The van der Waals surface area contributed by atoms with Gasteiger partial charge in [0.15, 0.2) is 0 Å². The molecule has 0 aliphatic carbocycles. The standard InChI is InChI=1S/C14H15N3O2/c1-17-11(5-6-16-17)14(15)13-7-9-3-4-10(18-2)8-12(9)19-13/h3-8,14H,15H2,1-2H3. The summed E-state index contributed by atoms with van der Waals surface area (Å²) in [6.07, 6.45) is 1.72. The van der Waals surface area contributed by atoms with Crippen LogP contribution in [0.3, 0.4) is 0 Å². The molecule has 3 aromatic rings. The summed E-state index contributed by atoms with van der Waals surface area (Å²) < 4.78 is 12.7. The van der Waals surface area contributed by atoms with Crippen LogP contribution < -0.4 is 10.5 Å². The monoisotopic (exact) mass is 257 g/mol. The molecular weight excluding hydrogens is 242 g/mol. The van der Waals surface area contributed by atoms with Crippen LogP contribution in [0.1, 0.15) is 17.5 Å². The lowest BCUT2D eigenvalue weighted by molar-refractivity contribution is 0.414. The van der Waals surface area contributed by atoms with E-state index in [9.17, 15) is 0 Å². The zero-order valence-corrected chi connectivity index (χ0v) is 10.8. The van der Waals surface area contributed by atoms with E-state index in [2.05, 4.69) is 5.10 Å². The summed E-state index contributed by atoms with van der Waals surface area (Å²) in [5.41, 5.74) is 7.89. The molecule has 0 fully saturated rings. The molecule has 2 N–H and O–H groups in total. The van der Waals surface area contributed by atoms with Crippen LogP contribution in [0.2, 0.25) is 0 Å². The second kappa shape index (κ2) is 4.44. The third kappa shape index (κ3) is 1.98. The van der Waals surface area contributed by atoms with Crippen molar-refractivity contribution in [3.8, 4) is 5.75 Å². The minimum absolute atomic E-state index is 0.328. The van der Waals surface area contributed by atoms with Crippen molar-refractivity contribution >= 4 is 11.0 Å². The molecule has 0 saturated heterocycles. The first-order valence-electron chi connectivity index (χ1n) is 6.00. The quantitative estimate of drug-likeness (QED) is 0.781. The van der Waals surface area contributed by atoms with Gasteiger partial charge in [0.25, 0.3) is 0 Å². The topological polar surface area (TPSA) is 66.2 Å². The molecule has 2 aromatic heterocycles. The number of fused-ring (bicyclic) bond motifs is 1. The molecule has 0 saturated carbocycles. The average molecular weight is 257 g/mol. The molecule has 0 aliphatic heterocycles. The van der Waals surface area contributed by atoms with Crippen molar-refractivity contribution in [2.45, 2.75) is 6.04 Å². The van der Waals surface area contributed by atoms with Gasteiger partial charge in [-0.1, -0.05) is 0 Å². The summed E-state index contributed by atoms with van der Waals surface area (Å²) in [6, 6.07) is 9.22. The second-order valence-corrected chi connectivity index (χ2v) is 4.41. The molecule has 1 aromatic carbocycles. The number of aryl methyl sites for hydroxylation is 1. The Morgan fingerprint density at radius 2 is 2.16 bits per heavy atom. The van der Waals surface area contributed by atoms with Crippen molar-refractivity contribution in [3.63, 3.8) is 0 Å². The minimum Gasteiger partial charge on any atom is -0.497 e. The molecule has 5 heteroatoms. The number of ether oxygens (including phenoxy) is 1. The maximum Gasteiger partial charge on any atom is 0.138 e. The highest BCUT2D eigenvalue weighted by atomic mass is 16.5. The van der Waals surface area contributed by atoms with Gasteiger partial charge < -0.3 is 14.9 Å². The predicted octanol–water partition coefficient (Wildman–Crippen LogP) is 2.22. The molecule has 0 spiro atoms. The lowest BCUT2D eigenvalue weighted by Crippen LogP contribution is -2.15. The van der Waals surface area contributed by atoms with Gasteiger partial charge in [-0.25, -0.2) is 0 Å². The van der Waals surface area contributed by atoms with Gasteiger partial charge in [0.2, 0.25) is 0 Å². The molecule has 5 nitrogen and oxygen atoms in total. The second-order valence-electron chi connectivity index (χ2n) is 4.41. The Hall–Kier alpha value is -2.27. The highest BCUT2D eigenvalue weighted by Gasteiger charge is 2.17. The summed E-state index contributed by atoms with van der Waals surface area (Å²) in [5, 5.41) is 5.13. The van der Waals surface area contributed by atoms with E-state index in [-0.39, 0.29) is 6.04 Å². The van der Waals surface area contributed by atoms with Gasteiger partial charge in [0.1, 0.15) is 23.1 Å². The van der Waals surface area contributed by atoms with Crippen molar-refractivity contribution in [2.75, 3.05) is 7.11 Å². The van der Waals surface area contributed by atoms with Crippen molar-refractivity contribution in [1.29, 1.82) is 0 Å². The maximum atomic E-state index is 6.21. The van der Waals surface area contributed by atoms with E-state index in [1.165, 1.54) is 0 Å². The molecule has 19 heavy (non-hydrogen) atoms. The molecule has 1 atom stereocenters. The number of hydrogen-bond acceptors (Lipinski definition) is 4. The van der Waals surface area contributed by atoms with E-state index in [4.69, 9.17) is 14.9 Å². The van der Waals surface area contributed by atoms with E-state index in [0.29, 0.717) is 5.76 Å². The number of methoxy groups -OCH3 is 1. The highest BCUT2D eigenvalue weighted by Crippen LogP contribution is 2.28. The molecule has 0 bridgehead atoms. The lowest BCUT2D eigenvalue weighted by atomic mass is 10.1. The molecule has 2 heterocycles. The van der Waals surface area contributed by atoms with Crippen LogP contribution in [0.25, 0.3) is 11.0 Å². The number of aromatic nitrogens is 2. The van der Waals surface area contributed by atoms with E-state index in [1.807, 2.05) is 37.4 Å². The summed E-state index contributed by atoms with van der Waals surface area (Å²) in [7, 11) is 3.49. The summed E-state index contributed by atoms with van der Waals surface area (Å²) >= 11 is 0. The summed E-state index contributed by atoms with van der Waals surface area (Å²) in [6.45, 7) is 0. The van der Waals surface area contributed by atoms with Gasteiger partial charge in [0.05, 0.1) is 12.8 Å². The third-order valence-electron chi connectivity index (χ3n) is 3.23. The van der Waals surface area contributed by atoms with Crippen LogP contribution in [0.5, 0.6) is 5.75 Å². The molecule has 3 rings (SSSR count). The van der Waals surface area contributed by atoms with E-state index >= 15 is 0 Å². The zero-order valence-electron chi connectivity index (χ0n) is 10.8. The van der Waals surface area contributed by atoms with Gasteiger partial charge in [-0.3, -0.25) is 4.68 Å². The Morgan fingerprint density at radius 3 is 2.84 bits per heavy atom. The van der Waals surface area contributed by atoms with Crippen molar-refractivity contribution in [3.05, 3.63) is 48.0 Å². The van der Waals surface area contributed by atoms with E-state index in [0.717, 1.165) is 22.4 Å². The summed E-state index contributed by atoms with van der Waals surface area (Å²) in [5.74, 6) is 1.48. The largest absolute Gasteiger partial charge is 0.497 e. The smallest absolute Gasteiger partial charge is 0.138 e. The Morgan fingerprint density at radius 1 is 1.32 bits per heavy atom. The van der Waals surface area contributed by atoms with Crippen LogP contribution in [-0.4, -0.2) is 16.9 Å². The SMILES string of the molecule is COc1ccc2cc(C(N)c3ccnn3C)oc2c1. The van der Waals surface area contributed by atoms with E-state index < -0.39 is 0 Å². The fourth-order valence-electron chi connectivity index (χ4n) is 2.15. The zero-order chi connectivity index (χ0) is 13.4. The van der Waals surface area contributed by atoms with Crippen LogP contribution in [0.4, 0.5) is 0 Å². The number of rotatable bonds is 3. The van der Waals surface area contributed by atoms with E-state index in [1.54, 1.807) is 18.0 Å². The highest BCUT2D eigenvalue weighted by molar-refractivity contribution is 5.79. The third-order valence-corrected chi connectivity index (χ3v) is 3.23. The Kier molecular flexibility index (Phi) is 2.76. The van der Waals surface area contributed by atoms with Crippen LogP contribution >= 0.6 is 0 Å². The first-order valence-corrected chi connectivity index (χ1v) is 6.00. The van der Waals surface area contributed by atoms with Gasteiger partial charge >= 0.3 is 0 Å². The fourth-order valence-corrected chi connectivity index (χ4v) is 2.15. The normalized spacial score (nSPS) is 12.8. The Bertz CT molecular complexity index is 714. The molecule has 0 aliphatic rings. The number of nitrogens with two attached hydrogens (primary N) is 1. The Labute approximate surface area is 110 Å². The summed E-state index contributed by atoms with van der Waals surface area (Å²) in [4.78, 5) is 0. The fraction of sp³-hybridized carbons (Fsp3) is 0.214. The number of hydrogen-bond donors (Lipinski definition) is 1. The van der Waals surface area contributed by atoms with Gasteiger partial charge in [0, 0.05) is 24.7 Å². The predicted molar refractivity (Wildman–Crippen MR) is 72.0 cm³/mol. The number of nitrogens with zero attached hydrogens (tertiary/aromatic N) is 2. The molecule has 0 radical (unpaired) electrons.